The van der Waals surface area contributed by atoms with E-state index in [0.29, 0.717) is 17.5 Å². The highest BCUT2D eigenvalue weighted by atomic mass is 16.4. The normalized spacial score (nSPS) is 16.5. The van der Waals surface area contributed by atoms with Gasteiger partial charge in [0.2, 0.25) is 0 Å². The van der Waals surface area contributed by atoms with Gasteiger partial charge >= 0.3 is 5.97 Å². The number of carbonyl (C=O) groups is 1. The summed E-state index contributed by atoms with van der Waals surface area (Å²) in [5.41, 5.74) is 1.97. The van der Waals surface area contributed by atoms with Gasteiger partial charge in [-0.05, 0) is 44.2 Å². The predicted octanol–water partition coefficient (Wildman–Crippen LogP) is 3.66. The van der Waals surface area contributed by atoms with Gasteiger partial charge in [0.05, 0.1) is 16.6 Å². The zero-order valence-electron chi connectivity index (χ0n) is 12.0. The monoisotopic (exact) mass is 272 g/mol. The molecule has 1 N–H and O–H groups in total. The van der Waals surface area contributed by atoms with Gasteiger partial charge in [-0.3, -0.25) is 0 Å². The van der Waals surface area contributed by atoms with Crippen molar-refractivity contribution >= 4 is 17.0 Å². The lowest BCUT2D eigenvalue weighted by Gasteiger charge is -2.17. The number of hydrogen-bond donors (Lipinski definition) is 1. The molecule has 1 fully saturated rings. The Morgan fingerprint density at radius 3 is 2.85 bits per heavy atom. The Morgan fingerprint density at radius 1 is 1.50 bits per heavy atom. The summed E-state index contributed by atoms with van der Waals surface area (Å²) in [6, 6.07) is 5.71. The van der Waals surface area contributed by atoms with Crippen molar-refractivity contribution in [3.05, 3.63) is 29.6 Å². The number of imidazole rings is 1. The first kappa shape index (κ1) is 13.2. The summed E-state index contributed by atoms with van der Waals surface area (Å²) in [7, 11) is 0. The Bertz CT molecular complexity index is 656. The number of carboxylic acids is 1. The fourth-order valence-electron chi connectivity index (χ4n) is 3.00. The molecule has 1 aromatic heterocycles. The van der Waals surface area contributed by atoms with E-state index < -0.39 is 5.97 Å². The van der Waals surface area contributed by atoms with Gasteiger partial charge in [0.25, 0.3) is 0 Å². The summed E-state index contributed by atoms with van der Waals surface area (Å²) in [4.78, 5) is 16.2. The van der Waals surface area contributed by atoms with E-state index in [4.69, 9.17) is 0 Å². The van der Waals surface area contributed by atoms with E-state index >= 15 is 0 Å². The number of aromatic nitrogens is 2. The van der Waals surface area contributed by atoms with Crippen molar-refractivity contribution in [3.8, 4) is 0 Å². The SMILES string of the molecule is CCCc1nc2cccc(C(=O)O)c2n1C(C)C1CC1. The number of rotatable bonds is 5. The fourth-order valence-corrected chi connectivity index (χ4v) is 3.00. The maximum atomic E-state index is 11.5. The van der Waals surface area contributed by atoms with E-state index in [1.54, 1.807) is 12.1 Å². The van der Waals surface area contributed by atoms with Crippen LogP contribution in [-0.2, 0) is 6.42 Å². The third-order valence-electron chi connectivity index (χ3n) is 4.20. The van der Waals surface area contributed by atoms with Crippen LogP contribution in [0.3, 0.4) is 0 Å². The predicted molar refractivity (Wildman–Crippen MR) is 78.1 cm³/mol. The van der Waals surface area contributed by atoms with Gasteiger partial charge in [-0.1, -0.05) is 13.0 Å². The Kier molecular flexibility index (Phi) is 3.24. The summed E-state index contributed by atoms with van der Waals surface area (Å²) < 4.78 is 2.18. The molecule has 0 saturated heterocycles. The van der Waals surface area contributed by atoms with Crippen LogP contribution in [0.4, 0.5) is 0 Å². The number of hydrogen-bond acceptors (Lipinski definition) is 2. The van der Waals surface area contributed by atoms with E-state index in [9.17, 15) is 9.90 Å². The fraction of sp³-hybridized carbons (Fsp3) is 0.500. The number of benzene rings is 1. The molecule has 1 aromatic carbocycles. The minimum Gasteiger partial charge on any atom is -0.478 e. The standard InChI is InChI=1S/C16H20N2O2/c1-3-5-14-17-13-7-4-6-12(16(19)20)15(13)18(14)10(2)11-8-9-11/h4,6-7,10-11H,3,5,8-9H2,1-2H3,(H,19,20). The van der Waals surface area contributed by atoms with Crippen molar-refractivity contribution in [3.63, 3.8) is 0 Å². The smallest absolute Gasteiger partial charge is 0.337 e. The minimum absolute atomic E-state index is 0.335. The van der Waals surface area contributed by atoms with Crippen LogP contribution in [0.5, 0.6) is 0 Å². The van der Waals surface area contributed by atoms with Crippen LogP contribution in [0.15, 0.2) is 18.2 Å². The Balaban J connectivity index is 2.25. The largest absolute Gasteiger partial charge is 0.478 e. The lowest BCUT2D eigenvalue weighted by atomic mass is 10.1. The van der Waals surface area contributed by atoms with Crippen LogP contribution in [0.1, 0.15) is 55.3 Å². The van der Waals surface area contributed by atoms with Crippen LogP contribution in [0.25, 0.3) is 11.0 Å². The van der Waals surface area contributed by atoms with Gasteiger partial charge in [0.15, 0.2) is 0 Å². The van der Waals surface area contributed by atoms with Crippen molar-refractivity contribution in [2.24, 2.45) is 5.92 Å². The van der Waals surface area contributed by atoms with E-state index in [1.807, 2.05) is 6.07 Å². The van der Waals surface area contributed by atoms with Crippen LogP contribution in [0, 0.1) is 5.92 Å². The average molecular weight is 272 g/mol. The zero-order valence-corrected chi connectivity index (χ0v) is 12.0. The van der Waals surface area contributed by atoms with E-state index in [0.717, 1.165) is 29.7 Å². The summed E-state index contributed by atoms with van der Waals surface area (Å²) in [5, 5.41) is 9.44. The molecule has 1 unspecified atom stereocenters. The second-order valence-corrected chi connectivity index (χ2v) is 5.70. The van der Waals surface area contributed by atoms with Gasteiger partial charge in [-0.15, -0.1) is 0 Å². The van der Waals surface area contributed by atoms with Gasteiger partial charge in [0, 0.05) is 12.5 Å². The summed E-state index contributed by atoms with van der Waals surface area (Å²) in [6.07, 6.45) is 4.39. The molecule has 20 heavy (non-hydrogen) atoms. The molecular formula is C16H20N2O2. The number of carboxylic acid groups (broad SMARTS) is 1. The minimum atomic E-state index is -0.872. The van der Waals surface area contributed by atoms with E-state index in [2.05, 4.69) is 23.4 Å². The first-order chi connectivity index (χ1) is 9.63. The molecule has 0 radical (unpaired) electrons. The van der Waals surface area contributed by atoms with Crippen LogP contribution < -0.4 is 0 Å². The van der Waals surface area contributed by atoms with Crippen LogP contribution in [-0.4, -0.2) is 20.6 Å². The van der Waals surface area contributed by atoms with Crippen molar-refractivity contribution in [2.75, 3.05) is 0 Å². The maximum absolute atomic E-state index is 11.5. The molecule has 1 atom stereocenters. The highest BCUT2D eigenvalue weighted by molar-refractivity contribution is 6.01. The summed E-state index contributed by atoms with van der Waals surface area (Å²) in [5.74, 6) is 0.822. The lowest BCUT2D eigenvalue weighted by Crippen LogP contribution is -2.13. The second kappa shape index (κ2) is 4.93. The third-order valence-corrected chi connectivity index (χ3v) is 4.20. The molecule has 0 bridgehead atoms. The molecule has 1 heterocycles. The highest BCUT2D eigenvalue weighted by Gasteiger charge is 2.32. The highest BCUT2D eigenvalue weighted by Crippen LogP contribution is 2.41. The molecule has 106 valence electrons. The van der Waals surface area contributed by atoms with Crippen molar-refractivity contribution < 1.29 is 9.90 Å². The lowest BCUT2D eigenvalue weighted by molar-refractivity contribution is 0.0698. The molecule has 4 heteroatoms. The third kappa shape index (κ3) is 2.09. The Morgan fingerprint density at radius 2 is 2.25 bits per heavy atom. The number of para-hydroxylation sites is 1. The quantitative estimate of drug-likeness (QED) is 0.903. The van der Waals surface area contributed by atoms with Crippen LogP contribution >= 0.6 is 0 Å². The maximum Gasteiger partial charge on any atom is 0.337 e. The number of aryl methyl sites for hydroxylation is 1. The molecule has 1 aliphatic rings. The molecule has 3 rings (SSSR count). The molecule has 0 amide bonds. The second-order valence-electron chi connectivity index (χ2n) is 5.70. The summed E-state index contributed by atoms with van der Waals surface area (Å²) >= 11 is 0. The van der Waals surface area contributed by atoms with Crippen molar-refractivity contribution in [2.45, 2.75) is 45.6 Å². The van der Waals surface area contributed by atoms with E-state index in [1.165, 1.54) is 12.8 Å². The van der Waals surface area contributed by atoms with Crippen molar-refractivity contribution in [1.29, 1.82) is 0 Å². The van der Waals surface area contributed by atoms with Crippen molar-refractivity contribution in [1.82, 2.24) is 9.55 Å². The van der Waals surface area contributed by atoms with Gasteiger partial charge in [0.1, 0.15) is 5.82 Å². The molecule has 4 nitrogen and oxygen atoms in total. The molecule has 0 aliphatic heterocycles. The molecule has 1 saturated carbocycles. The summed E-state index contributed by atoms with van der Waals surface area (Å²) in [6.45, 7) is 4.32. The van der Waals surface area contributed by atoms with Gasteiger partial charge in [-0.25, -0.2) is 9.78 Å². The topological polar surface area (TPSA) is 55.1 Å². The van der Waals surface area contributed by atoms with Crippen LogP contribution in [0.2, 0.25) is 0 Å². The Hall–Kier alpha value is -1.84. The number of nitrogens with zero attached hydrogens (tertiary/aromatic N) is 2. The molecule has 2 aromatic rings. The first-order valence-electron chi connectivity index (χ1n) is 7.36. The average Bonchev–Trinajstić information content (AvgIpc) is 3.19. The molecule has 0 spiro atoms. The Labute approximate surface area is 118 Å². The van der Waals surface area contributed by atoms with Gasteiger partial charge in [-0.2, -0.15) is 0 Å². The molecule has 1 aliphatic carbocycles. The molecular weight excluding hydrogens is 252 g/mol. The van der Waals surface area contributed by atoms with E-state index in [-0.39, 0.29) is 0 Å². The zero-order chi connectivity index (χ0) is 14.3. The number of aromatic carboxylic acids is 1. The number of fused-ring (bicyclic) bond motifs is 1. The van der Waals surface area contributed by atoms with Gasteiger partial charge < -0.3 is 9.67 Å². The first-order valence-corrected chi connectivity index (χ1v) is 7.36.